The number of para-hydroxylation sites is 2. The van der Waals surface area contributed by atoms with Gasteiger partial charge in [-0.3, -0.25) is 9.69 Å². The van der Waals surface area contributed by atoms with Crippen LogP contribution in [0.15, 0.2) is 71.8 Å². The van der Waals surface area contributed by atoms with Crippen molar-refractivity contribution in [3.8, 4) is 17.2 Å². The van der Waals surface area contributed by atoms with Crippen molar-refractivity contribution in [1.82, 2.24) is 10.3 Å². The van der Waals surface area contributed by atoms with Crippen molar-refractivity contribution in [2.45, 2.75) is 26.8 Å². The summed E-state index contributed by atoms with van der Waals surface area (Å²) in [5.74, 6) is 2.03. The minimum absolute atomic E-state index is 0.254. The van der Waals surface area contributed by atoms with Crippen LogP contribution in [-0.2, 0) is 6.54 Å². The highest BCUT2D eigenvalue weighted by atomic mass is 16.5. The molecule has 0 aliphatic carbocycles. The fourth-order valence-electron chi connectivity index (χ4n) is 4.49. The Morgan fingerprint density at radius 2 is 1.69 bits per heavy atom. The van der Waals surface area contributed by atoms with Gasteiger partial charge in [0.05, 0.1) is 32.2 Å². The molecule has 0 spiro atoms. The Bertz CT molecular complexity index is 1240. The summed E-state index contributed by atoms with van der Waals surface area (Å²) in [5, 5.41) is 4.13. The molecule has 1 fully saturated rings. The summed E-state index contributed by atoms with van der Waals surface area (Å²) in [5.41, 5.74) is 6.30. The van der Waals surface area contributed by atoms with Gasteiger partial charge in [-0.2, -0.15) is 5.10 Å². The van der Waals surface area contributed by atoms with Gasteiger partial charge in [-0.1, -0.05) is 31.2 Å². The first-order valence-corrected chi connectivity index (χ1v) is 13.5. The van der Waals surface area contributed by atoms with E-state index in [-0.39, 0.29) is 5.91 Å². The van der Waals surface area contributed by atoms with E-state index in [1.54, 1.807) is 13.3 Å². The molecular formula is C31H38N4O4. The number of rotatable bonds is 12. The molecular weight excluding hydrogens is 492 g/mol. The van der Waals surface area contributed by atoms with Crippen LogP contribution in [0.2, 0.25) is 0 Å². The van der Waals surface area contributed by atoms with E-state index >= 15 is 0 Å². The van der Waals surface area contributed by atoms with Crippen LogP contribution in [0.25, 0.3) is 0 Å². The number of nitrogens with zero attached hydrogens (tertiary/aromatic N) is 3. The quantitative estimate of drug-likeness (QED) is 0.263. The van der Waals surface area contributed by atoms with Crippen LogP contribution in [0.4, 0.5) is 5.69 Å². The second kappa shape index (κ2) is 14.2. The predicted octanol–water partition coefficient (Wildman–Crippen LogP) is 4.97. The van der Waals surface area contributed by atoms with Crippen LogP contribution in [0, 0.1) is 0 Å². The molecule has 0 bridgehead atoms. The van der Waals surface area contributed by atoms with Crippen molar-refractivity contribution in [1.29, 1.82) is 0 Å². The van der Waals surface area contributed by atoms with Gasteiger partial charge < -0.3 is 19.1 Å². The summed E-state index contributed by atoms with van der Waals surface area (Å²) in [6.07, 6.45) is 2.52. The smallest absolute Gasteiger partial charge is 0.271 e. The Balaban J connectivity index is 1.27. The van der Waals surface area contributed by atoms with Gasteiger partial charge in [0.25, 0.3) is 5.91 Å². The molecule has 1 amide bonds. The fraction of sp³-hybridized carbons (Fsp3) is 0.355. The lowest BCUT2D eigenvalue weighted by Gasteiger charge is -2.36. The lowest BCUT2D eigenvalue weighted by Crippen LogP contribution is -2.46. The zero-order valence-corrected chi connectivity index (χ0v) is 23.1. The average Bonchev–Trinajstić information content (AvgIpc) is 2.97. The highest BCUT2D eigenvalue weighted by Crippen LogP contribution is 2.29. The lowest BCUT2D eigenvalue weighted by atomic mass is 10.1. The molecule has 3 aromatic carbocycles. The topological polar surface area (TPSA) is 75.6 Å². The number of nitrogens with one attached hydrogen (secondary N) is 1. The van der Waals surface area contributed by atoms with Crippen molar-refractivity contribution < 1.29 is 19.0 Å². The molecule has 1 N–H and O–H groups in total. The first-order chi connectivity index (χ1) is 19.1. The molecule has 206 valence electrons. The number of methoxy groups -OCH3 is 1. The molecule has 1 saturated heterocycles. The summed E-state index contributed by atoms with van der Waals surface area (Å²) in [4.78, 5) is 17.4. The minimum Gasteiger partial charge on any atom is -0.495 e. The molecule has 1 aliphatic rings. The second-order valence-electron chi connectivity index (χ2n) is 9.32. The van der Waals surface area contributed by atoms with E-state index in [0.29, 0.717) is 30.3 Å². The van der Waals surface area contributed by atoms with Gasteiger partial charge in [0, 0.05) is 38.3 Å². The molecule has 1 heterocycles. The monoisotopic (exact) mass is 530 g/mol. The molecule has 3 aromatic rings. The Morgan fingerprint density at radius 1 is 0.923 bits per heavy atom. The number of anilines is 1. The summed E-state index contributed by atoms with van der Waals surface area (Å²) >= 11 is 0. The standard InChI is InChI=1S/C31H38N4O4/c1-4-20-39-29-15-12-25(21-30(29)38-5-2)22-32-33-31(36)26-13-10-24(11-14-26)23-34-16-18-35(19-17-34)27-8-6-7-9-28(27)37-3/h6-15,21-22H,4-5,16-20,23H2,1-3H3,(H,33,36)/b32-22-. The van der Waals surface area contributed by atoms with Gasteiger partial charge in [-0.05, 0) is 66.9 Å². The van der Waals surface area contributed by atoms with E-state index in [1.165, 1.54) is 5.56 Å². The maximum atomic E-state index is 12.6. The van der Waals surface area contributed by atoms with Crippen LogP contribution in [0.3, 0.4) is 0 Å². The third kappa shape index (κ3) is 7.74. The van der Waals surface area contributed by atoms with Crippen LogP contribution in [0.1, 0.15) is 41.8 Å². The largest absolute Gasteiger partial charge is 0.495 e. The second-order valence-corrected chi connectivity index (χ2v) is 9.32. The fourth-order valence-corrected chi connectivity index (χ4v) is 4.49. The maximum Gasteiger partial charge on any atom is 0.271 e. The third-order valence-corrected chi connectivity index (χ3v) is 6.53. The average molecular weight is 531 g/mol. The molecule has 0 unspecified atom stereocenters. The number of amides is 1. The van der Waals surface area contributed by atoms with E-state index in [9.17, 15) is 4.79 Å². The molecule has 0 saturated carbocycles. The highest BCUT2D eigenvalue weighted by molar-refractivity contribution is 5.95. The van der Waals surface area contributed by atoms with E-state index in [4.69, 9.17) is 14.2 Å². The van der Waals surface area contributed by atoms with E-state index < -0.39 is 0 Å². The van der Waals surface area contributed by atoms with Crippen LogP contribution in [-0.4, -0.2) is 63.5 Å². The zero-order valence-electron chi connectivity index (χ0n) is 23.1. The van der Waals surface area contributed by atoms with Crippen molar-refractivity contribution in [2.75, 3.05) is 51.4 Å². The highest BCUT2D eigenvalue weighted by Gasteiger charge is 2.19. The van der Waals surface area contributed by atoms with Gasteiger partial charge >= 0.3 is 0 Å². The van der Waals surface area contributed by atoms with Gasteiger partial charge in [0.15, 0.2) is 11.5 Å². The van der Waals surface area contributed by atoms with Crippen LogP contribution in [0.5, 0.6) is 17.2 Å². The molecule has 1 aliphatic heterocycles. The number of carbonyl (C=O) groups is 1. The van der Waals surface area contributed by atoms with Crippen LogP contribution >= 0.6 is 0 Å². The van der Waals surface area contributed by atoms with E-state index in [1.807, 2.05) is 67.6 Å². The summed E-state index contributed by atoms with van der Waals surface area (Å²) in [6, 6.07) is 21.5. The number of carbonyl (C=O) groups excluding carboxylic acids is 1. The number of ether oxygens (including phenoxy) is 3. The lowest BCUT2D eigenvalue weighted by molar-refractivity contribution is 0.0955. The third-order valence-electron chi connectivity index (χ3n) is 6.53. The number of hydrogen-bond acceptors (Lipinski definition) is 7. The van der Waals surface area contributed by atoms with Crippen molar-refractivity contribution in [2.24, 2.45) is 5.10 Å². The first-order valence-electron chi connectivity index (χ1n) is 13.5. The van der Waals surface area contributed by atoms with Gasteiger partial charge in [0.2, 0.25) is 0 Å². The normalized spacial score (nSPS) is 13.9. The van der Waals surface area contributed by atoms with E-state index in [0.717, 1.165) is 56.1 Å². The summed E-state index contributed by atoms with van der Waals surface area (Å²) in [7, 11) is 1.71. The number of piperazine rings is 1. The summed E-state index contributed by atoms with van der Waals surface area (Å²) in [6.45, 7) is 9.82. The van der Waals surface area contributed by atoms with Crippen LogP contribution < -0.4 is 24.5 Å². The summed E-state index contributed by atoms with van der Waals surface area (Å²) < 4.78 is 16.9. The Labute approximate surface area is 231 Å². The minimum atomic E-state index is -0.254. The van der Waals surface area contributed by atoms with Crippen molar-refractivity contribution in [3.63, 3.8) is 0 Å². The van der Waals surface area contributed by atoms with Gasteiger partial charge in [-0.15, -0.1) is 0 Å². The molecule has 0 atom stereocenters. The maximum absolute atomic E-state index is 12.6. The van der Waals surface area contributed by atoms with E-state index in [2.05, 4.69) is 33.3 Å². The molecule has 0 radical (unpaired) electrons. The molecule has 8 heteroatoms. The number of benzene rings is 3. The predicted molar refractivity (Wildman–Crippen MR) is 155 cm³/mol. The Kier molecular flexibility index (Phi) is 10.2. The SMILES string of the molecule is CCCOc1ccc(/C=N\NC(=O)c2ccc(CN3CCN(c4ccccc4OC)CC3)cc2)cc1OCC. The zero-order chi connectivity index (χ0) is 27.5. The van der Waals surface area contributed by atoms with Gasteiger partial charge in [0.1, 0.15) is 5.75 Å². The first kappa shape index (κ1) is 28.0. The molecule has 39 heavy (non-hydrogen) atoms. The number of hydrogen-bond donors (Lipinski definition) is 1. The molecule has 8 nitrogen and oxygen atoms in total. The van der Waals surface area contributed by atoms with Crippen molar-refractivity contribution >= 4 is 17.8 Å². The number of hydrazone groups is 1. The molecule has 0 aromatic heterocycles. The van der Waals surface area contributed by atoms with Crippen molar-refractivity contribution in [3.05, 3.63) is 83.4 Å². The Hall–Kier alpha value is -4.04. The van der Waals surface area contributed by atoms with Gasteiger partial charge in [-0.25, -0.2) is 5.43 Å². The Morgan fingerprint density at radius 3 is 2.41 bits per heavy atom. The molecule has 4 rings (SSSR count).